The molecule has 0 unspecified atom stereocenters. The molecule has 0 atom stereocenters. The molecule has 0 amide bonds. The average molecular weight is 270 g/mol. The first-order valence-electron chi connectivity index (χ1n) is 5.98. The number of hydrogen-bond acceptors (Lipinski definition) is 3. The molecule has 1 aromatic carbocycles. The van der Waals surface area contributed by atoms with Gasteiger partial charge in [-0.25, -0.2) is 4.68 Å². The third-order valence-corrected chi connectivity index (χ3v) is 3.18. The summed E-state index contributed by atoms with van der Waals surface area (Å²) in [6.07, 6.45) is 4.36. The molecule has 0 bridgehead atoms. The summed E-state index contributed by atoms with van der Waals surface area (Å²) < 4.78 is 1.80. The van der Waals surface area contributed by atoms with Crippen LogP contribution in [0.4, 0.5) is 0 Å². The van der Waals surface area contributed by atoms with Crippen LogP contribution in [-0.4, -0.2) is 20.6 Å². The zero-order chi connectivity index (χ0) is 13.5. The van der Waals surface area contributed by atoms with Crippen molar-refractivity contribution in [3.05, 3.63) is 48.3 Å². The molecule has 3 nitrogen and oxygen atoms in total. The Balaban J connectivity index is 1.95. The van der Waals surface area contributed by atoms with Gasteiger partial charge in [0.25, 0.3) is 0 Å². The lowest BCUT2D eigenvalue weighted by Crippen LogP contribution is -1.92. The molecule has 1 aromatic heterocycles. The molecule has 2 aromatic rings. The molecule has 0 radical (unpaired) electrons. The van der Waals surface area contributed by atoms with E-state index in [0.717, 1.165) is 17.0 Å². The zero-order valence-corrected chi connectivity index (χ0v) is 11.5. The van der Waals surface area contributed by atoms with Crippen LogP contribution in [0, 0.1) is 11.8 Å². The minimum absolute atomic E-state index is 0.138. The molecule has 0 saturated carbocycles. The fourth-order valence-corrected chi connectivity index (χ4v) is 2.01. The third-order valence-electron chi connectivity index (χ3n) is 2.37. The van der Waals surface area contributed by atoms with E-state index in [9.17, 15) is 4.79 Å². The number of rotatable bonds is 3. The van der Waals surface area contributed by atoms with Gasteiger partial charge in [-0.05, 0) is 12.1 Å². The Hall–Kier alpha value is -1.99. The van der Waals surface area contributed by atoms with Crippen LogP contribution in [0.5, 0.6) is 0 Å². The number of carbonyl (C=O) groups excluding carboxylic acids is 1. The summed E-state index contributed by atoms with van der Waals surface area (Å²) in [5.74, 6) is 6.84. The van der Waals surface area contributed by atoms with E-state index in [-0.39, 0.29) is 5.12 Å². The van der Waals surface area contributed by atoms with E-state index in [0.29, 0.717) is 6.42 Å². The van der Waals surface area contributed by atoms with Crippen LogP contribution >= 0.6 is 11.8 Å². The molecule has 96 valence electrons. The van der Waals surface area contributed by atoms with Crippen molar-refractivity contribution in [2.75, 3.05) is 5.75 Å². The molecule has 0 aliphatic rings. The molecular weight excluding hydrogens is 256 g/mol. The Morgan fingerprint density at radius 3 is 2.89 bits per heavy atom. The maximum atomic E-state index is 10.7. The number of thioether (sulfide) groups is 1. The lowest BCUT2D eigenvalue weighted by Gasteiger charge is -1.98. The minimum atomic E-state index is 0.138. The van der Waals surface area contributed by atoms with Gasteiger partial charge in [0.15, 0.2) is 5.12 Å². The Kier molecular flexibility index (Phi) is 4.82. The lowest BCUT2D eigenvalue weighted by molar-refractivity contribution is -0.109. The van der Waals surface area contributed by atoms with Crippen LogP contribution in [0.1, 0.15) is 18.9 Å². The molecule has 0 aliphatic heterocycles. The minimum Gasteiger partial charge on any atom is -0.288 e. The van der Waals surface area contributed by atoms with Gasteiger partial charge in [-0.15, -0.1) is 0 Å². The molecule has 0 aliphatic carbocycles. The number of carbonyl (C=O) groups is 1. The average Bonchev–Trinajstić information content (AvgIpc) is 2.88. The van der Waals surface area contributed by atoms with E-state index < -0.39 is 0 Å². The highest BCUT2D eigenvalue weighted by molar-refractivity contribution is 8.13. The number of aromatic nitrogens is 2. The summed E-state index contributed by atoms with van der Waals surface area (Å²) >= 11 is 1.31. The Morgan fingerprint density at radius 2 is 2.16 bits per heavy atom. The quantitative estimate of drug-likeness (QED) is 0.635. The first-order chi connectivity index (χ1) is 9.25. The van der Waals surface area contributed by atoms with Crippen LogP contribution in [-0.2, 0) is 4.79 Å². The fourth-order valence-electron chi connectivity index (χ4n) is 1.52. The van der Waals surface area contributed by atoms with Gasteiger partial charge in [-0.2, -0.15) is 5.10 Å². The second-order valence-corrected chi connectivity index (χ2v) is 5.17. The van der Waals surface area contributed by atoms with Crippen molar-refractivity contribution in [2.24, 2.45) is 0 Å². The summed E-state index contributed by atoms with van der Waals surface area (Å²) in [5.41, 5.74) is 1.90. The molecule has 2 rings (SSSR count). The van der Waals surface area contributed by atoms with Gasteiger partial charge >= 0.3 is 0 Å². The molecular formula is C15H14N2OS. The SMILES string of the molecule is CC(=O)SCCC#Cc1cnn(-c2ccccc2)c1. The van der Waals surface area contributed by atoms with Crippen molar-refractivity contribution in [1.82, 2.24) is 9.78 Å². The third kappa shape index (κ3) is 4.31. The van der Waals surface area contributed by atoms with Gasteiger partial charge < -0.3 is 0 Å². The normalized spacial score (nSPS) is 9.74. The van der Waals surface area contributed by atoms with Gasteiger partial charge in [0.2, 0.25) is 0 Å². The summed E-state index contributed by atoms with van der Waals surface area (Å²) in [7, 11) is 0. The summed E-state index contributed by atoms with van der Waals surface area (Å²) in [6.45, 7) is 1.57. The number of nitrogens with zero attached hydrogens (tertiary/aromatic N) is 2. The summed E-state index contributed by atoms with van der Waals surface area (Å²) in [5, 5.41) is 4.41. The molecule has 0 N–H and O–H groups in total. The highest BCUT2D eigenvalue weighted by atomic mass is 32.2. The van der Waals surface area contributed by atoms with Gasteiger partial charge in [0.05, 0.1) is 17.4 Å². The second-order valence-electron chi connectivity index (χ2n) is 3.90. The Bertz CT molecular complexity index is 608. The Morgan fingerprint density at radius 1 is 1.37 bits per heavy atom. The van der Waals surface area contributed by atoms with Crippen LogP contribution in [0.15, 0.2) is 42.7 Å². The topological polar surface area (TPSA) is 34.9 Å². The van der Waals surface area contributed by atoms with E-state index in [1.54, 1.807) is 17.8 Å². The summed E-state index contributed by atoms with van der Waals surface area (Å²) in [4.78, 5) is 10.7. The zero-order valence-electron chi connectivity index (χ0n) is 10.7. The van der Waals surface area contributed by atoms with Crippen molar-refractivity contribution >= 4 is 16.9 Å². The lowest BCUT2D eigenvalue weighted by atomic mass is 10.3. The van der Waals surface area contributed by atoms with Crippen LogP contribution in [0.3, 0.4) is 0 Å². The second kappa shape index (κ2) is 6.81. The van der Waals surface area contributed by atoms with Crippen LogP contribution in [0.2, 0.25) is 0 Å². The van der Waals surface area contributed by atoms with Gasteiger partial charge in [0.1, 0.15) is 0 Å². The van der Waals surface area contributed by atoms with E-state index >= 15 is 0 Å². The smallest absolute Gasteiger partial charge is 0.185 e. The molecule has 0 spiro atoms. The predicted molar refractivity (Wildman–Crippen MR) is 78.2 cm³/mol. The number of para-hydroxylation sites is 1. The molecule has 1 heterocycles. The molecule has 0 saturated heterocycles. The van der Waals surface area contributed by atoms with E-state index in [4.69, 9.17) is 0 Å². The highest BCUT2D eigenvalue weighted by Crippen LogP contribution is 2.07. The molecule has 0 fully saturated rings. The monoisotopic (exact) mass is 270 g/mol. The molecule has 4 heteroatoms. The number of benzene rings is 1. The van der Waals surface area contributed by atoms with Crippen molar-refractivity contribution in [3.8, 4) is 17.5 Å². The summed E-state index contributed by atoms with van der Waals surface area (Å²) in [6, 6.07) is 9.91. The van der Waals surface area contributed by atoms with Gasteiger partial charge in [0, 0.05) is 25.3 Å². The Labute approximate surface area is 117 Å². The van der Waals surface area contributed by atoms with E-state index in [2.05, 4.69) is 16.9 Å². The predicted octanol–water partition coefficient (Wildman–Crippen LogP) is 2.89. The van der Waals surface area contributed by atoms with Crippen molar-refractivity contribution in [1.29, 1.82) is 0 Å². The highest BCUT2D eigenvalue weighted by Gasteiger charge is 1.97. The first kappa shape index (κ1) is 13.4. The van der Waals surface area contributed by atoms with Gasteiger partial charge in [-0.1, -0.05) is 41.8 Å². The first-order valence-corrected chi connectivity index (χ1v) is 6.96. The maximum absolute atomic E-state index is 10.7. The van der Waals surface area contributed by atoms with Crippen molar-refractivity contribution in [3.63, 3.8) is 0 Å². The van der Waals surface area contributed by atoms with Crippen molar-refractivity contribution in [2.45, 2.75) is 13.3 Å². The van der Waals surface area contributed by atoms with E-state index in [1.165, 1.54) is 11.8 Å². The van der Waals surface area contributed by atoms with Crippen LogP contribution < -0.4 is 0 Å². The van der Waals surface area contributed by atoms with E-state index in [1.807, 2.05) is 36.5 Å². The standard InChI is InChI=1S/C15H14N2OS/c1-13(18)19-10-6-5-7-14-11-16-17(12-14)15-8-3-2-4-9-15/h2-4,8-9,11-12H,6,10H2,1H3. The van der Waals surface area contributed by atoms with Gasteiger partial charge in [-0.3, -0.25) is 4.79 Å². The number of hydrogen-bond donors (Lipinski definition) is 0. The fraction of sp³-hybridized carbons (Fsp3) is 0.200. The van der Waals surface area contributed by atoms with Crippen molar-refractivity contribution < 1.29 is 4.79 Å². The largest absolute Gasteiger partial charge is 0.288 e. The van der Waals surface area contributed by atoms with Crippen LogP contribution in [0.25, 0.3) is 5.69 Å². The maximum Gasteiger partial charge on any atom is 0.185 e. The molecule has 19 heavy (non-hydrogen) atoms.